The zero-order valence-electron chi connectivity index (χ0n) is 11.0. The maximum absolute atomic E-state index is 3.61. The van der Waals surface area contributed by atoms with Crippen molar-refractivity contribution in [2.24, 2.45) is 0 Å². The lowest BCUT2D eigenvalue weighted by Gasteiger charge is -2.18. The smallest absolute Gasteiger partial charge is 0.0207 e. The molecule has 1 aromatic carbocycles. The maximum Gasteiger partial charge on any atom is 0.0207 e. The van der Waals surface area contributed by atoms with Crippen LogP contribution in [0.3, 0.4) is 0 Å². The largest absolute Gasteiger partial charge is 0.314 e. The lowest BCUT2D eigenvalue weighted by atomic mass is 10.1. The minimum Gasteiger partial charge on any atom is -0.314 e. The van der Waals surface area contributed by atoms with Crippen molar-refractivity contribution in [3.8, 4) is 0 Å². The normalized spacial score (nSPS) is 21.6. The summed E-state index contributed by atoms with van der Waals surface area (Å²) in [5.74, 6) is 0. The first kappa shape index (κ1) is 12.6. The highest BCUT2D eigenvalue weighted by atomic mass is 15.0. The van der Waals surface area contributed by atoms with Crippen LogP contribution < -0.4 is 10.6 Å². The van der Waals surface area contributed by atoms with E-state index in [-0.39, 0.29) is 0 Å². The topological polar surface area (TPSA) is 24.1 Å². The molecule has 2 unspecified atom stereocenters. The summed E-state index contributed by atoms with van der Waals surface area (Å²) in [4.78, 5) is 0. The van der Waals surface area contributed by atoms with Gasteiger partial charge in [-0.05, 0) is 45.2 Å². The van der Waals surface area contributed by atoms with E-state index in [1.165, 1.54) is 36.9 Å². The second kappa shape index (κ2) is 6.18. The molecule has 17 heavy (non-hydrogen) atoms. The van der Waals surface area contributed by atoms with E-state index in [1.54, 1.807) is 0 Å². The molecule has 2 rings (SSSR count). The van der Waals surface area contributed by atoms with Gasteiger partial charge in [0.1, 0.15) is 0 Å². The molecule has 2 nitrogen and oxygen atoms in total. The van der Waals surface area contributed by atoms with Crippen molar-refractivity contribution in [2.45, 2.75) is 51.7 Å². The van der Waals surface area contributed by atoms with Crippen molar-refractivity contribution in [3.05, 3.63) is 35.4 Å². The van der Waals surface area contributed by atoms with Crippen LogP contribution in [0.4, 0.5) is 0 Å². The summed E-state index contributed by atoms with van der Waals surface area (Å²) < 4.78 is 0. The predicted octanol–water partition coefficient (Wildman–Crippen LogP) is 2.62. The molecule has 0 aliphatic carbocycles. The number of benzene rings is 1. The van der Waals surface area contributed by atoms with Crippen LogP contribution in [0.15, 0.2) is 24.3 Å². The highest BCUT2D eigenvalue weighted by molar-refractivity contribution is 5.21. The van der Waals surface area contributed by atoms with Gasteiger partial charge in [0.2, 0.25) is 0 Å². The molecule has 2 heteroatoms. The molecule has 2 N–H and O–H groups in total. The van der Waals surface area contributed by atoms with Crippen LogP contribution in [0.25, 0.3) is 0 Å². The number of aryl methyl sites for hydroxylation is 1. The monoisotopic (exact) mass is 232 g/mol. The van der Waals surface area contributed by atoms with Gasteiger partial charge in [0.05, 0.1) is 0 Å². The summed E-state index contributed by atoms with van der Waals surface area (Å²) in [5, 5.41) is 7.16. The third kappa shape index (κ3) is 4.14. The van der Waals surface area contributed by atoms with Gasteiger partial charge in [0.15, 0.2) is 0 Å². The van der Waals surface area contributed by atoms with E-state index in [9.17, 15) is 0 Å². The van der Waals surface area contributed by atoms with Gasteiger partial charge >= 0.3 is 0 Å². The van der Waals surface area contributed by atoms with E-state index in [2.05, 4.69) is 48.7 Å². The Morgan fingerprint density at radius 1 is 1.35 bits per heavy atom. The molecule has 94 valence electrons. The van der Waals surface area contributed by atoms with Crippen LogP contribution >= 0.6 is 0 Å². The zero-order chi connectivity index (χ0) is 12.1. The van der Waals surface area contributed by atoms with Gasteiger partial charge in [-0.15, -0.1) is 0 Å². The van der Waals surface area contributed by atoms with Gasteiger partial charge in [0.25, 0.3) is 0 Å². The van der Waals surface area contributed by atoms with Crippen LogP contribution in [0.2, 0.25) is 0 Å². The van der Waals surface area contributed by atoms with Crippen LogP contribution in [0, 0.1) is 6.92 Å². The maximum atomic E-state index is 3.61. The Hall–Kier alpha value is -0.860. The fourth-order valence-corrected chi connectivity index (χ4v) is 2.47. The average molecular weight is 232 g/mol. The molecule has 0 radical (unpaired) electrons. The molecule has 0 saturated carbocycles. The Morgan fingerprint density at radius 3 is 2.76 bits per heavy atom. The highest BCUT2D eigenvalue weighted by Crippen LogP contribution is 2.11. The SMILES string of the molecule is Cc1ccc(CNC(C)CC2CCCN2)cc1. The Kier molecular flexibility index (Phi) is 4.57. The van der Waals surface area contributed by atoms with Gasteiger partial charge in [-0.3, -0.25) is 0 Å². The third-order valence-electron chi connectivity index (χ3n) is 3.58. The Labute approximate surface area is 105 Å². The summed E-state index contributed by atoms with van der Waals surface area (Å²) in [5.41, 5.74) is 2.71. The molecule has 0 bridgehead atoms. The van der Waals surface area contributed by atoms with Crippen LogP contribution in [-0.4, -0.2) is 18.6 Å². The van der Waals surface area contributed by atoms with Crippen molar-refractivity contribution in [3.63, 3.8) is 0 Å². The summed E-state index contributed by atoms with van der Waals surface area (Å²) in [7, 11) is 0. The predicted molar refractivity (Wildman–Crippen MR) is 73.1 cm³/mol. The van der Waals surface area contributed by atoms with E-state index in [0.29, 0.717) is 6.04 Å². The minimum absolute atomic E-state index is 0.590. The van der Waals surface area contributed by atoms with Crippen LogP contribution in [0.1, 0.15) is 37.3 Å². The van der Waals surface area contributed by atoms with E-state index in [0.717, 1.165) is 12.6 Å². The summed E-state index contributed by atoms with van der Waals surface area (Å²) >= 11 is 0. The molecular formula is C15H24N2. The summed E-state index contributed by atoms with van der Waals surface area (Å²) in [6.45, 7) is 6.60. The molecule has 2 atom stereocenters. The second-order valence-corrected chi connectivity index (χ2v) is 5.30. The van der Waals surface area contributed by atoms with Crippen molar-refractivity contribution >= 4 is 0 Å². The third-order valence-corrected chi connectivity index (χ3v) is 3.58. The van der Waals surface area contributed by atoms with Gasteiger partial charge in [0, 0.05) is 18.6 Å². The van der Waals surface area contributed by atoms with E-state index in [4.69, 9.17) is 0 Å². The molecule has 1 fully saturated rings. The number of rotatable bonds is 5. The first-order chi connectivity index (χ1) is 8.24. The lowest BCUT2D eigenvalue weighted by molar-refractivity contribution is 0.440. The number of hydrogen-bond acceptors (Lipinski definition) is 2. The van der Waals surface area contributed by atoms with E-state index in [1.807, 2.05) is 0 Å². The van der Waals surface area contributed by atoms with Crippen molar-refractivity contribution in [1.82, 2.24) is 10.6 Å². The van der Waals surface area contributed by atoms with Crippen LogP contribution in [-0.2, 0) is 6.54 Å². The molecule has 1 aliphatic rings. The first-order valence-corrected chi connectivity index (χ1v) is 6.76. The molecule has 1 saturated heterocycles. The van der Waals surface area contributed by atoms with Crippen molar-refractivity contribution in [2.75, 3.05) is 6.54 Å². The molecule has 0 aromatic heterocycles. The second-order valence-electron chi connectivity index (χ2n) is 5.30. The van der Waals surface area contributed by atoms with Crippen molar-refractivity contribution < 1.29 is 0 Å². The molecule has 1 heterocycles. The number of nitrogens with one attached hydrogen (secondary N) is 2. The Balaban J connectivity index is 1.71. The first-order valence-electron chi connectivity index (χ1n) is 6.76. The van der Waals surface area contributed by atoms with Crippen molar-refractivity contribution in [1.29, 1.82) is 0 Å². The summed E-state index contributed by atoms with van der Waals surface area (Å²) in [6, 6.07) is 10.1. The standard InChI is InChI=1S/C15H24N2/c1-12-5-7-14(8-6-12)11-17-13(2)10-15-4-3-9-16-15/h5-8,13,15-17H,3-4,9-11H2,1-2H3. The van der Waals surface area contributed by atoms with Gasteiger partial charge < -0.3 is 10.6 Å². The quantitative estimate of drug-likeness (QED) is 0.815. The summed E-state index contributed by atoms with van der Waals surface area (Å²) in [6.07, 6.45) is 3.93. The number of hydrogen-bond donors (Lipinski definition) is 2. The molecule has 0 spiro atoms. The molecular weight excluding hydrogens is 208 g/mol. The fourth-order valence-electron chi connectivity index (χ4n) is 2.47. The van der Waals surface area contributed by atoms with E-state index < -0.39 is 0 Å². The van der Waals surface area contributed by atoms with Gasteiger partial charge in [-0.25, -0.2) is 0 Å². The molecule has 0 amide bonds. The van der Waals surface area contributed by atoms with Gasteiger partial charge in [-0.2, -0.15) is 0 Å². The van der Waals surface area contributed by atoms with Crippen LogP contribution in [0.5, 0.6) is 0 Å². The van der Waals surface area contributed by atoms with E-state index >= 15 is 0 Å². The Morgan fingerprint density at radius 2 is 2.12 bits per heavy atom. The molecule has 1 aromatic rings. The van der Waals surface area contributed by atoms with Gasteiger partial charge in [-0.1, -0.05) is 29.8 Å². The lowest BCUT2D eigenvalue weighted by Crippen LogP contribution is -2.33. The average Bonchev–Trinajstić information content (AvgIpc) is 2.81. The zero-order valence-corrected chi connectivity index (χ0v) is 11.0. The minimum atomic E-state index is 0.590. The Bertz CT molecular complexity index is 325. The highest BCUT2D eigenvalue weighted by Gasteiger charge is 2.16. The fraction of sp³-hybridized carbons (Fsp3) is 0.600. The molecule has 1 aliphatic heterocycles.